The maximum Gasteiger partial charge on any atom is 0.238 e. The number of nitrogens with one attached hydrogen (secondary N) is 1. The van der Waals surface area contributed by atoms with Gasteiger partial charge in [-0.3, -0.25) is 9.69 Å². The number of carbonyl (C=O) groups is 1. The molecular formula is C14H20FN3O. The molecule has 0 aromatic heterocycles. The summed E-state index contributed by atoms with van der Waals surface area (Å²) < 4.78 is 12.9. The van der Waals surface area contributed by atoms with Gasteiger partial charge in [0, 0.05) is 6.54 Å². The van der Waals surface area contributed by atoms with Gasteiger partial charge in [0.1, 0.15) is 5.82 Å². The quantitative estimate of drug-likeness (QED) is 0.801. The highest BCUT2D eigenvalue weighted by Crippen LogP contribution is 2.26. The zero-order valence-corrected chi connectivity index (χ0v) is 11.2. The van der Waals surface area contributed by atoms with E-state index in [2.05, 4.69) is 5.32 Å². The van der Waals surface area contributed by atoms with Gasteiger partial charge in [-0.1, -0.05) is 6.42 Å². The van der Waals surface area contributed by atoms with E-state index in [1.165, 1.54) is 37.5 Å². The van der Waals surface area contributed by atoms with Crippen LogP contribution in [0.1, 0.15) is 19.3 Å². The first-order valence-corrected chi connectivity index (χ1v) is 6.58. The van der Waals surface area contributed by atoms with Crippen LogP contribution in [-0.4, -0.2) is 30.9 Å². The van der Waals surface area contributed by atoms with Crippen molar-refractivity contribution < 1.29 is 9.18 Å². The molecule has 1 aliphatic rings. The Labute approximate surface area is 112 Å². The lowest BCUT2D eigenvalue weighted by Gasteiger charge is -2.29. The van der Waals surface area contributed by atoms with E-state index in [0.29, 0.717) is 12.2 Å². The molecule has 0 saturated heterocycles. The average molecular weight is 265 g/mol. The lowest BCUT2D eigenvalue weighted by atomic mass is 9.85. The van der Waals surface area contributed by atoms with Crippen molar-refractivity contribution in [3.63, 3.8) is 0 Å². The second-order valence-corrected chi connectivity index (χ2v) is 5.27. The van der Waals surface area contributed by atoms with E-state index in [1.807, 2.05) is 11.9 Å². The minimum atomic E-state index is -0.405. The summed E-state index contributed by atoms with van der Waals surface area (Å²) in [5.41, 5.74) is 6.35. The van der Waals surface area contributed by atoms with E-state index >= 15 is 0 Å². The molecule has 1 fully saturated rings. The SMILES string of the molecule is CN(CC(=O)Nc1ccc(F)cc1N)CC1CCC1. The molecule has 5 heteroatoms. The fraction of sp³-hybridized carbons (Fsp3) is 0.500. The van der Waals surface area contributed by atoms with E-state index in [1.54, 1.807) is 0 Å². The highest BCUT2D eigenvalue weighted by molar-refractivity contribution is 5.95. The molecule has 0 atom stereocenters. The first-order chi connectivity index (χ1) is 9.04. The molecule has 0 bridgehead atoms. The molecule has 1 saturated carbocycles. The second-order valence-electron chi connectivity index (χ2n) is 5.27. The van der Waals surface area contributed by atoms with Crippen molar-refractivity contribution in [3.05, 3.63) is 24.0 Å². The average Bonchev–Trinajstić information content (AvgIpc) is 2.27. The number of hydrogen-bond donors (Lipinski definition) is 2. The molecule has 4 nitrogen and oxygen atoms in total. The Morgan fingerprint density at radius 2 is 2.26 bits per heavy atom. The Hall–Kier alpha value is -1.62. The molecule has 0 aliphatic heterocycles. The Bertz CT molecular complexity index is 460. The van der Waals surface area contributed by atoms with Gasteiger partial charge in [0.05, 0.1) is 17.9 Å². The maximum atomic E-state index is 12.9. The molecule has 0 radical (unpaired) electrons. The lowest BCUT2D eigenvalue weighted by Crippen LogP contribution is -2.35. The number of amides is 1. The number of hydrogen-bond acceptors (Lipinski definition) is 3. The second kappa shape index (κ2) is 6.02. The number of anilines is 2. The normalized spacial score (nSPS) is 15.3. The number of rotatable bonds is 5. The summed E-state index contributed by atoms with van der Waals surface area (Å²) in [6.45, 7) is 1.28. The molecule has 104 valence electrons. The maximum absolute atomic E-state index is 12.9. The van der Waals surface area contributed by atoms with Crippen LogP contribution < -0.4 is 11.1 Å². The van der Waals surface area contributed by atoms with Crippen LogP contribution in [0.5, 0.6) is 0 Å². The molecule has 19 heavy (non-hydrogen) atoms. The first kappa shape index (κ1) is 13.8. The number of benzene rings is 1. The summed E-state index contributed by atoms with van der Waals surface area (Å²) in [5.74, 6) is 0.200. The van der Waals surface area contributed by atoms with Gasteiger partial charge in [-0.15, -0.1) is 0 Å². The predicted octanol–water partition coefficient (Wildman–Crippen LogP) is 2.08. The molecule has 0 spiro atoms. The number of nitrogens with zero attached hydrogens (tertiary/aromatic N) is 1. The van der Waals surface area contributed by atoms with Crippen LogP contribution in [0.4, 0.5) is 15.8 Å². The summed E-state index contributed by atoms with van der Waals surface area (Å²) >= 11 is 0. The first-order valence-electron chi connectivity index (χ1n) is 6.58. The van der Waals surface area contributed by atoms with E-state index in [0.717, 1.165) is 12.5 Å². The van der Waals surface area contributed by atoms with Gasteiger partial charge in [-0.2, -0.15) is 0 Å². The van der Waals surface area contributed by atoms with Gasteiger partial charge in [0.25, 0.3) is 0 Å². The minimum absolute atomic E-state index is 0.125. The van der Waals surface area contributed by atoms with Crippen molar-refractivity contribution in [2.24, 2.45) is 5.92 Å². The predicted molar refractivity (Wildman–Crippen MR) is 74.3 cm³/mol. The molecule has 0 heterocycles. The molecule has 1 aromatic carbocycles. The van der Waals surface area contributed by atoms with Crippen LogP contribution in [0.15, 0.2) is 18.2 Å². The highest BCUT2D eigenvalue weighted by Gasteiger charge is 2.20. The molecule has 1 aromatic rings. The van der Waals surface area contributed by atoms with E-state index < -0.39 is 5.82 Å². The summed E-state index contributed by atoms with van der Waals surface area (Å²) in [5, 5.41) is 2.71. The topological polar surface area (TPSA) is 58.4 Å². The van der Waals surface area contributed by atoms with Crippen molar-refractivity contribution in [3.8, 4) is 0 Å². The van der Waals surface area contributed by atoms with E-state index in [9.17, 15) is 9.18 Å². The monoisotopic (exact) mass is 265 g/mol. The zero-order chi connectivity index (χ0) is 13.8. The third-order valence-electron chi connectivity index (χ3n) is 3.50. The molecule has 1 aliphatic carbocycles. The van der Waals surface area contributed by atoms with Crippen LogP contribution in [0, 0.1) is 11.7 Å². The Morgan fingerprint density at radius 1 is 1.53 bits per heavy atom. The van der Waals surface area contributed by atoms with Crippen molar-refractivity contribution in [1.82, 2.24) is 4.90 Å². The van der Waals surface area contributed by atoms with Gasteiger partial charge < -0.3 is 11.1 Å². The number of nitrogen functional groups attached to an aromatic ring is 1. The van der Waals surface area contributed by atoms with Crippen LogP contribution in [0.25, 0.3) is 0 Å². The summed E-state index contributed by atoms with van der Waals surface area (Å²) in [6.07, 6.45) is 3.82. The number of carbonyl (C=O) groups excluding carboxylic acids is 1. The van der Waals surface area contributed by atoms with E-state index in [4.69, 9.17) is 5.73 Å². The molecule has 1 amide bonds. The van der Waals surface area contributed by atoms with Crippen molar-refractivity contribution in [1.29, 1.82) is 0 Å². The van der Waals surface area contributed by atoms with E-state index in [-0.39, 0.29) is 11.6 Å². The standard InChI is InChI=1S/C14H20FN3O/c1-18(8-10-3-2-4-10)9-14(19)17-13-6-5-11(15)7-12(13)16/h5-7,10H,2-4,8-9,16H2,1H3,(H,17,19). The third-order valence-corrected chi connectivity index (χ3v) is 3.50. The molecule has 2 rings (SSSR count). The van der Waals surface area contributed by atoms with Crippen LogP contribution in [0.3, 0.4) is 0 Å². The van der Waals surface area contributed by atoms with Crippen LogP contribution in [-0.2, 0) is 4.79 Å². The summed E-state index contributed by atoms with van der Waals surface area (Å²) in [4.78, 5) is 13.9. The summed E-state index contributed by atoms with van der Waals surface area (Å²) in [6, 6.07) is 3.96. The number of halogens is 1. The Balaban J connectivity index is 1.82. The minimum Gasteiger partial charge on any atom is -0.397 e. The number of nitrogens with two attached hydrogens (primary N) is 1. The Kier molecular flexibility index (Phi) is 4.37. The highest BCUT2D eigenvalue weighted by atomic mass is 19.1. The third kappa shape index (κ3) is 3.92. The Morgan fingerprint density at radius 3 is 2.84 bits per heavy atom. The lowest BCUT2D eigenvalue weighted by molar-refractivity contribution is -0.117. The molecule has 3 N–H and O–H groups in total. The molecule has 0 unspecified atom stereocenters. The zero-order valence-electron chi connectivity index (χ0n) is 11.2. The fourth-order valence-electron chi connectivity index (χ4n) is 2.26. The van der Waals surface area contributed by atoms with Gasteiger partial charge in [0.2, 0.25) is 5.91 Å². The largest absolute Gasteiger partial charge is 0.397 e. The smallest absolute Gasteiger partial charge is 0.238 e. The van der Waals surface area contributed by atoms with Crippen molar-refractivity contribution >= 4 is 17.3 Å². The van der Waals surface area contributed by atoms with Gasteiger partial charge in [-0.25, -0.2) is 4.39 Å². The van der Waals surface area contributed by atoms with Crippen molar-refractivity contribution in [2.75, 3.05) is 31.2 Å². The van der Waals surface area contributed by atoms with Gasteiger partial charge in [-0.05, 0) is 44.0 Å². The van der Waals surface area contributed by atoms with Crippen molar-refractivity contribution in [2.45, 2.75) is 19.3 Å². The van der Waals surface area contributed by atoms with Gasteiger partial charge >= 0.3 is 0 Å². The van der Waals surface area contributed by atoms with Crippen LogP contribution >= 0.6 is 0 Å². The fourth-order valence-corrected chi connectivity index (χ4v) is 2.26. The number of likely N-dealkylation sites (N-methyl/N-ethyl adjacent to an activating group) is 1. The molecular weight excluding hydrogens is 245 g/mol. The van der Waals surface area contributed by atoms with Gasteiger partial charge in [0.15, 0.2) is 0 Å². The summed E-state index contributed by atoms with van der Waals surface area (Å²) in [7, 11) is 1.94. The van der Waals surface area contributed by atoms with Crippen LogP contribution in [0.2, 0.25) is 0 Å².